The molecule has 1 atom stereocenters. The minimum atomic E-state index is -1.37. The summed E-state index contributed by atoms with van der Waals surface area (Å²) in [6.45, 7) is 0. The van der Waals surface area contributed by atoms with Gasteiger partial charge in [-0.3, -0.25) is 9.59 Å². The van der Waals surface area contributed by atoms with Crippen molar-refractivity contribution in [2.45, 2.75) is 16.7 Å². The molecule has 1 aromatic carbocycles. The van der Waals surface area contributed by atoms with Crippen molar-refractivity contribution in [3.05, 3.63) is 48.2 Å². The summed E-state index contributed by atoms with van der Waals surface area (Å²) in [6.07, 6.45) is 1.43. The average Bonchev–Trinajstić information content (AvgIpc) is 2.89. The number of benzene rings is 1. The first kappa shape index (κ1) is 17.9. The predicted molar refractivity (Wildman–Crippen MR) is 96.1 cm³/mol. The van der Waals surface area contributed by atoms with Gasteiger partial charge < -0.3 is 14.8 Å². The van der Waals surface area contributed by atoms with Gasteiger partial charge in [0.1, 0.15) is 5.03 Å². The molecule has 0 radical (unpaired) electrons. The molecule has 1 aromatic heterocycles. The van der Waals surface area contributed by atoms with Crippen molar-refractivity contribution in [3.8, 4) is 0 Å². The van der Waals surface area contributed by atoms with Crippen LogP contribution in [0.2, 0.25) is 0 Å². The smallest absolute Gasteiger partial charge is 0.247 e. The molecular formula is C18H16N3O4S-. The van der Waals surface area contributed by atoms with Gasteiger partial charge in [0, 0.05) is 38.0 Å². The number of carbonyl (C=O) groups is 3. The lowest BCUT2D eigenvalue weighted by molar-refractivity contribution is -0.255. The number of thioether (sulfide) groups is 1. The van der Waals surface area contributed by atoms with Crippen molar-refractivity contribution in [2.75, 3.05) is 23.9 Å². The normalized spacial score (nSPS) is 16.8. The molecular weight excluding hydrogens is 354 g/mol. The maximum Gasteiger partial charge on any atom is 0.247 e. The van der Waals surface area contributed by atoms with E-state index in [9.17, 15) is 19.5 Å². The van der Waals surface area contributed by atoms with Gasteiger partial charge in [0.25, 0.3) is 0 Å². The summed E-state index contributed by atoms with van der Waals surface area (Å²) < 4.78 is 0. The van der Waals surface area contributed by atoms with Crippen molar-refractivity contribution < 1.29 is 19.5 Å². The van der Waals surface area contributed by atoms with Gasteiger partial charge in [-0.05, 0) is 36.4 Å². The number of amides is 2. The Hall–Kier alpha value is -2.87. The lowest BCUT2D eigenvalue weighted by atomic mass is 10.2. The SMILES string of the molecule is CN(C)c1ccc(N2C(=O)C[C@H](Sc3ncccc3C(=O)[O-])C2=O)cc1. The average molecular weight is 370 g/mol. The zero-order chi connectivity index (χ0) is 18.8. The molecule has 134 valence electrons. The number of rotatable bonds is 5. The highest BCUT2D eigenvalue weighted by molar-refractivity contribution is 8.00. The zero-order valence-corrected chi connectivity index (χ0v) is 15.0. The van der Waals surface area contributed by atoms with Gasteiger partial charge in [0.05, 0.1) is 16.9 Å². The second-order valence-corrected chi connectivity index (χ2v) is 7.12. The van der Waals surface area contributed by atoms with Crippen LogP contribution in [-0.4, -0.2) is 42.1 Å². The molecule has 0 spiro atoms. The molecule has 2 amide bonds. The highest BCUT2D eigenvalue weighted by Gasteiger charge is 2.40. The van der Waals surface area contributed by atoms with E-state index in [1.54, 1.807) is 12.1 Å². The summed E-state index contributed by atoms with van der Waals surface area (Å²) in [5, 5.41) is 10.6. The van der Waals surface area contributed by atoms with Crippen LogP contribution in [0.1, 0.15) is 16.8 Å². The van der Waals surface area contributed by atoms with E-state index in [1.807, 2.05) is 31.1 Å². The number of nitrogens with zero attached hydrogens (tertiary/aromatic N) is 3. The van der Waals surface area contributed by atoms with Crippen LogP contribution in [0.4, 0.5) is 11.4 Å². The molecule has 0 aliphatic carbocycles. The van der Waals surface area contributed by atoms with E-state index >= 15 is 0 Å². The number of imide groups is 1. The Morgan fingerprint density at radius 3 is 2.54 bits per heavy atom. The van der Waals surface area contributed by atoms with Crippen LogP contribution < -0.4 is 14.9 Å². The maximum atomic E-state index is 12.7. The molecule has 1 aliphatic heterocycles. The van der Waals surface area contributed by atoms with Gasteiger partial charge in [-0.15, -0.1) is 0 Å². The second-order valence-electron chi connectivity index (χ2n) is 5.93. The zero-order valence-electron chi connectivity index (χ0n) is 14.2. The molecule has 7 nitrogen and oxygen atoms in total. The fourth-order valence-electron chi connectivity index (χ4n) is 2.64. The van der Waals surface area contributed by atoms with Crippen molar-refractivity contribution in [3.63, 3.8) is 0 Å². The Labute approximate surface area is 154 Å². The van der Waals surface area contributed by atoms with Gasteiger partial charge >= 0.3 is 0 Å². The molecule has 3 rings (SSSR count). The van der Waals surface area contributed by atoms with Crippen LogP contribution in [0.25, 0.3) is 0 Å². The number of anilines is 2. The third kappa shape index (κ3) is 3.41. The number of hydrogen-bond acceptors (Lipinski definition) is 7. The lowest BCUT2D eigenvalue weighted by Crippen LogP contribution is -2.31. The molecule has 1 aliphatic rings. The van der Waals surface area contributed by atoms with Crippen LogP contribution in [0.5, 0.6) is 0 Å². The lowest BCUT2D eigenvalue weighted by Gasteiger charge is -2.17. The van der Waals surface area contributed by atoms with E-state index in [0.717, 1.165) is 22.3 Å². The molecule has 1 fully saturated rings. The maximum absolute atomic E-state index is 12.7. The molecule has 2 aromatic rings. The van der Waals surface area contributed by atoms with Gasteiger partial charge in [-0.25, -0.2) is 9.88 Å². The fourth-order valence-corrected chi connectivity index (χ4v) is 3.74. The number of carboxylic acids is 1. The third-order valence-electron chi connectivity index (χ3n) is 3.97. The molecule has 1 saturated heterocycles. The van der Waals surface area contributed by atoms with Crippen LogP contribution >= 0.6 is 11.8 Å². The number of aromatic carboxylic acids is 1. The summed E-state index contributed by atoms with van der Waals surface area (Å²) in [5.41, 5.74) is 1.35. The molecule has 0 unspecified atom stereocenters. The minimum absolute atomic E-state index is 0.0119. The number of carboxylic acid groups (broad SMARTS) is 1. The van der Waals surface area contributed by atoms with E-state index in [-0.39, 0.29) is 28.8 Å². The van der Waals surface area contributed by atoms with Crippen LogP contribution in [0.15, 0.2) is 47.6 Å². The first-order valence-corrected chi connectivity index (χ1v) is 8.73. The topological polar surface area (TPSA) is 93.6 Å². The summed E-state index contributed by atoms with van der Waals surface area (Å²) in [6, 6.07) is 9.92. The number of hydrogen-bond donors (Lipinski definition) is 0. The molecule has 2 heterocycles. The molecule has 26 heavy (non-hydrogen) atoms. The Bertz CT molecular complexity index is 867. The van der Waals surface area contributed by atoms with Crippen molar-refractivity contribution >= 4 is 40.9 Å². The van der Waals surface area contributed by atoms with E-state index in [2.05, 4.69) is 4.98 Å². The highest BCUT2D eigenvalue weighted by atomic mass is 32.2. The summed E-state index contributed by atoms with van der Waals surface area (Å²) in [5.74, 6) is -2.07. The van der Waals surface area contributed by atoms with Crippen molar-refractivity contribution in [1.29, 1.82) is 0 Å². The molecule has 8 heteroatoms. The Morgan fingerprint density at radius 2 is 1.92 bits per heavy atom. The molecule has 0 N–H and O–H groups in total. The van der Waals surface area contributed by atoms with E-state index in [4.69, 9.17) is 0 Å². The predicted octanol–water partition coefficient (Wildman–Crippen LogP) is 0.935. The standard InChI is InChI=1S/C18H17N3O4S/c1-20(2)11-5-7-12(8-6-11)21-15(22)10-14(17(21)23)26-16-13(18(24)25)4-3-9-19-16/h3-9,14H,10H2,1-2H3,(H,24,25)/p-1/t14-/m0/s1. The first-order chi connectivity index (χ1) is 12.4. The summed E-state index contributed by atoms with van der Waals surface area (Å²) in [4.78, 5) is 43.3. The van der Waals surface area contributed by atoms with Gasteiger partial charge in [-0.2, -0.15) is 0 Å². The van der Waals surface area contributed by atoms with E-state index < -0.39 is 11.2 Å². The monoisotopic (exact) mass is 370 g/mol. The Balaban J connectivity index is 1.82. The van der Waals surface area contributed by atoms with Gasteiger partial charge in [-0.1, -0.05) is 11.8 Å². The van der Waals surface area contributed by atoms with Gasteiger partial charge in [0.2, 0.25) is 11.8 Å². The fraction of sp³-hybridized carbons (Fsp3) is 0.222. The number of pyridine rings is 1. The first-order valence-electron chi connectivity index (χ1n) is 7.85. The summed E-state index contributed by atoms with van der Waals surface area (Å²) in [7, 11) is 3.80. The number of carbonyl (C=O) groups excluding carboxylic acids is 3. The number of aromatic nitrogens is 1. The minimum Gasteiger partial charge on any atom is -0.545 e. The molecule has 0 saturated carbocycles. The van der Waals surface area contributed by atoms with Crippen molar-refractivity contribution in [2.24, 2.45) is 0 Å². The highest BCUT2D eigenvalue weighted by Crippen LogP contribution is 2.34. The quantitative estimate of drug-likeness (QED) is 0.723. The Kier molecular flexibility index (Phi) is 4.94. The third-order valence-corrected chi connectivity index (χ3v) is 5.18. The van der Waals surface area contributed by atoms with E-state index in [1.165, 1.54) is 18.3 Å². The largest absolute Gasteiger partial charge is 0.545 e. The van der Waals surface area contributed by atoms with Crippen LogP contribution in [-0.2, 0) is 9.59 Å². The van der Waals surface area contributed by atoms with Crippen LogP contribution in [0, 0.1) is 0 Å². The second kappa shape index (κ2) is 7.17. The van der Waals surface area contributed by atoms with E-state index in [0.29, 0.717) is 5.69 Å². The summed E-state index contributed by atoms with van der Waals surface area (Å²) >= 11 is 0.972. The molecule has 0 bridgehead atoms. The van der Waals surface area contributed by atoms with Crippen molar-refractivity contribution in [1.82, 2.24) is 4.98 Å². The van der Waals surface area contributed by atoms with Gasteiger partial charge in [0.15, 0.2) is 0 Å². The van der Waals surface area contributed by atoms with Crippen LogP contribution in [0.3, 0.4) is 0 Å². The Morgan fingerprint density at radius 1 is 1.23 bits per heavy atom.